The number of aromatic hydroxyl groups is 1. The van der Waals surface area contributed by atoms with E-state index < -0.39 is 0 Å². The average molecular weight is 315 g/mol. The van der Waals surface area contributed by atoms with Gasteiger partial charge in [-0.25, -0.2) is 0 Å². The van der Waals surface area contributed by atoms with Crippen molar-refractivity contribution in [2.45, 2.75) is 50.7 Å². The molecule has 1 aromatic rings. The Morgan fingerprint density at radius 3 is 3.00 bits per heavy atom. The van der Waals surface area contributed by atoms with Gasteiger partial charge in [0.15, 0.2) is 5.78 Å². The Kier molecular flexibility index (Phi) is 3.50. The van der Waals surface area contributed by atoms with Crippen LogP contribution in [0.5, 0.6) is 5.75 Å². The molecule has 1 aromatic carbocycles. The number of fused-ring (bicyclic) bond motifs is 4. The second-order valence-electron chi connectivity index (χ2n) is 7.63. The SMILES string of the molecule is CC1C2C(=O)c3ccc(O)cc3[C@]1(C)CCN2CC1CCCO1. The van der Waals surface area contributed by atoms with Crippen LogP contribution in [0.3, 0.4) is 0 Å². The molecule has 23 heavy (non-hydrogen) atoms. The Labute approximate surface area is 137 Å². The molecule has 0 saturated carbocycles. The first-order valence-corrected chi connectivity index (χ1v) is 8.74. The summed E-state index contributed by atoms with van der Waals surface area (Å²) in [5.74, 6) is 0.715. The van der Waals surface area contributed by atoms with Crippen LogP contribution < -0.4 is 0 Å². The highest BCUT2D eigenvalue weighted by Crippen LogP contribution is 2.49. The van der Waals surface area contributed by atoms with Gasteiger partial charge < -0.3 is 9.84 Å². The molecule has 4 heteroatoms. The van der Waals surface area contributed by atoms with Gasteiger partial charge in [-0.05, 0) is 60.9 Å². The number of ketones is 1. The summed E-state index contributed by atoms with van der Waals surface area (Å²) >= 11 is 0. The molecule has 0 amide bonds. The number of ether oxygens (including phenoxy) is 1. The highest BCUT2D eigenvalue weighted by atomic mass is 16.5. The smallest absolute Gasteiger partial charge is 0.180 e. The van der Waals surface area contributed by atoms with Gasteiger partial charge in [0.1, 0.15) is 5.75 Å². The Morgan fingerprint density at radius 1 is 1.43 bits per heavy atom. The van der Waals surface area contributed by atoms with Gasteiger partial charge in [-0.15, -0.1) is 0 Å². The fourth-order valence-corrected chi connectivity index (χ4v) is 4.81. The van der Waals surface area contributed by atoms with Crippen molar-refractivity contribution in [1.82, 2.24) is 4.90 Å². The zero-order valence-corrected chi connectivity index (χ0v) is 13.9. The molecule has 0 radical (unpaired) electrons. The van der Waals surface area contributed by atoms with E-state index >= 15 is 0 Å². The molecule has 0 aromatic heterocycles. The number of carbonyl (C=O) groups is 1. The van der Waals surface area contributed by atoms with Crippen molar-refractivity contribution in [3.05, 3.63) is 29.3 Å². The van der Waals surface area contributed by atoms with E-state index in [0.717, 1.165) is 50.1 Å². The van der Waals surface area contributed by atoms with Crippen LogP contribution in [0.4, 0.5) is 0 Å². The summed E-state index contributed by atoms with van der Waals surface area (Å²) in [6.07, 6.45) is 3.53. The summed E-state index contributed by atoms with van der Waals surface area (Å²) < 4.78 is 5.79. The van der Waals surface area contributed by atoms with Crippen LogP contribution in [0.1, 0.15) is 49.0 Å². The fourth-order valence-electron chi connectivity index (χ4n) is 4.81. The summed E-state index contributed by atoms with van der Waals surface area (Å²) in [5.41, 5.74) is 1.79. The highest BCUT2D eigenvalue weighted by molar-refractivity contribution is 6.03. The van der Waals surface area contributed by atoms with Crippen LogP contribution >= 0.6 is 0 Å². The minimum absolute atomic E-state index is 0.0420. The Morgan fingerprint density at radius 2 is 2.26 bits per heavy atom. The molecule has 2 bridgehead atoms. The molecule has 3 aliphatic rings. The summed E-state index contributed by atoms with van der Waals surface area (Å²) in [6.45, 7) is 7.08. The molecule has 1 aliphatic carbocycles. The van der Waals surface area contributed by atoms with Crippen molar-refractivity contribution < 1.29 is 14.6 Å². The third kappa shape index (κ3) is 2.23. The minimum atomic E-state index is -0.0602. The van der Waals surface area contributed by atoms with Gasteiger partial charge in [-0.1, -0.05) is 13.8 Å². The largest absolute Gasteiger partial charge is 0.508 e. The van der Waals surface area contributed by atoms with Gasteiger partial charge in [-0.2, -0.15) is 0 Å². The second kappa shape index (κ2) is 5.32. The van der Waals surface area contributed by atoms with Gasteiger partial charge in [0, 0.05) is 18.7 Å². The minimum Gasteiger partial charge on any atom is -0.508 e. The van der Waals surface area contributed by atoms with Crippen molar-refractivity contribution in [2.24, 2.45) is 5.92 Å². The maximum Gasteiger partial charge on any atom is 0.180 e. The summed E-state index contributed by atoms with van der Waals surface area (Å²) in [7, 11) is 0. The molecule has 124 valence electrons. The summed E-state index contributed by atoms with van der Waals surface area (Å²) in [5, 5.41) is 9.88. The molecule has 3 unspecified atom stereocenters. The predicted molar refractivity (Wildman–Crippen MR) is 87.9 cm³/mol. The number of Topliss-reactive ketones (excluding diaryl/α,β-unsaturated/α-hetero) is 1. The van der Waals surface area contributed by atoms with E-state index in [2.05, 4.69) is 18.7 Å². The molecule has 0 spiro atoms. The summed E-state index contributed by atoms with van der Waals surface area (Å²) in [6, 6.07) is 5.18. The lowest BCUT2D eigenvalue weighted by Crippen LogP contribution is -2.61. The van der Waals surface area contributed by atoms with Gasteiger partial charge in [-0.3, -0.25) is 9.69 Å². The lowest BCUT2D eigenvalue weighted by molar-refractivity contribution is -0.000149. The second-order valence-corrected chi connectivity index (χ2v) is 7.63. The number of benzene rings is 1. The normalized spacial score (nSPS) is 37.0. The van der Waals surface area contributed by atoms with Crippen LogP contribution in [0.15, 0.2) is 18.2 Å². The zero-order valence-electron chi connectivity index (χ0n) is 13.9. The quantitative estimate of drug-likeness (QED) is 0.912. The van der Waals surface area contributed by atoms with E-state index in [1.54, 1.807) is 18.2 Å². The van der Waals surface area contributed by atoms with E-state index in [9.17, 15) is 9.90 Å². The van der Waals surface area contributed by atoms with Gasteiger partial charge in [0.2, 0.25) is 0 Å². The Bertz CT molecular complexity index is 638. The average Bonchev–Trinajstić information content (AvgIpc) is 3.03. The first kappa shape index (κ1) is 15.2. The monoisotopic (exact) mass is 315 g/mol. The molecule has 2 fully saturated rings. The molecule has 2 heterocycles. The lowest BCUT2D eigenvalue weighted by Gasteiger charge is -2.53. The number of carbonyl (C=O) groups excluding carboxylic acids is 1. The van der Waals surface area contributed by atoms with Gasteiger partial charge in [0.25, 0.3) is 0 Å². The number of likely N-dealkylation sites (tertiary alicyclic amines) is 1. The van der Waals surface area contributed by atoms with Crippen molar-refractivity contribution >= 4 is 5.78 Å². The molecule has 2 saturated heterocycles. The predicted octanol–water partition coefficient (Wildman–Crippen LogP) is 2.74. The Balaban J connectivity index is 1.71. The molecule has 2 aliphatic heterocycles. The number of hydrogen-bond donors (Lipinski definition) is 1. The van der Waals surface area contributed by atoms with E-state index in [1.807, 2.05) is 0 Å². The van der Waals surface area contributed by atoms with Crippen LogP contribution in [0.2, 0.25) is 0 Å². The van der Waals surface area contributed by atoms with Crippen molar-refractivity contribution in [3.63, 3.8) is 0 Å². The van der Waals surface area contributed by atoms with Crippen molar-refractivity contribution in [1.29, 1.82) is 0 Å². The fraction of sp³-hybridized carbons (Fsp3) is 0.632. The standard InChI is InChI=1S/C19H25NO3/c1-12-17-18(22)15-6-5-13(21)10-16(15)19(12,2)7-8-20(17)11-14-4-3-9-23-14/h5-6,10,12,14,17,21H,3-4,7-9,11H2,1-2H3/t12?,14?,17?,19-/m1/s1. The van der Waals surface area contributed by atoms with E-state index in [0.29, 0.717) is 0 Å². The van der Waals surface area contributed by atoms with E-state index in [1.165, 1.54) is 0 Å². The maximum atomic E-state index is 13.1. The highest BCUT2D eigenvalue weighted by Gasteiger charge is 2.52. The van der Waals surface area contributed by atoms with Crippen molar-refractivity contribution in [3.8, 4) is 5.75 Å². The zero-order chi connectivity index (χ0) is 16.2. The number of rotatable bonds is 2. The summed E-state index contributed by atoms with van der Waals surface area (Å²) in [4.78, 5) is 15.5. The van der Waals surface area contributed by atoms with Crippen LogP contribution in [0.25, 0.3) is 0 Å². The number of nitrogens with zero attached hydrogens (tertiary/aromatic N) is 1. The molecule has 4 rings (SSSR count). The molecular formula is C19H25NO3. The van der Waals surface area contributed by atoms with Gasteiger partial charge in [0.05, 0.1) is 12.1 Å². The molecule has 4 atom stereocenters. The number of phenols is 1. The maximum absolute atomic E-state index is 13.1. The number of phenolic OH excluding ortho intramolecular Hbond substituents is 1. The molecule has 4 nitrogen and oxygen atoms in total. The topological polar surface area (TPSA) is 49.8 Å². The molecule has 1 N–H and O–H groups in total. The van der Waals surface area contributed by atoms with Crippen LogP contribution in [-0.2, 0) is 10.2 Å². The van der Waals surface area contributed by atoms with E-state index in [4.69, 9.17) is 4.74 Å². The lowest BCUT2D eigenvalue weighted by atomic mass is 9.58. The first-order chi connectivity index (χ1) is 11.0. The Hall–Kier alpha value is -1.39. The van der Waals surface area contributed by atoms with E-state index in [-0.39, 0.29) is 35.0 Å². The van der Waals surface area contributed by atoms with Crippen LogP contribution in [-0.4, -0.2) is 47.6 Å². The van der Waals surface area contributed by atoms with Crippen molar-refractivity contribution in [2.75, 3.05) is 19.7 Å². The number of piperidine rings is 1. The van der Waals surface area contributed by atoms with Gasteiger partial charge >= 0.3 is 0 Å². The molecular weight excluding hydrogens is 290 g/mol. The first-order valence-electron chi connectivity index (χ1n) is 8.74. The van der Waals surface area contributed by atoms with Crippen LogP contribution in [0, 0.1) is 5.92 Å². The number of hydrogen-bond acceptors (Lipinski definition) is 4. The third-order valence-electron chi connectivity index (χ3n) is 6.41. The third-order valence-corrected chi connectivity index (χ3v) is 6.41.